The van der Waals surface area contributed by atoms with E-state index in [1.165, 1.54) is 0 Å². The first-order chi connectivity index (χ1) is 14.1. The fraction of sp³-hybridized carbons (Fsp3) is 0.304. The molecular weight excluding hydrogens is 366 g/mol. The number of amides is 1. The van der Waals surface area contributed by atoms with Gasteiger partial charge in [-0.25, -0.2) is 4.68 Å². The molecule has 4 rings (SSSR count). The number of aryl methyl sites for hydroxylation is 1. The highest BCUT2D eigenvalue weighted by Gasteiger charge is 2.32. The Morgan fingerprint density at radius 2 is 1.86 bits per heavy atom. The Labute approximate surface area is 170 Å². The van der Waals surface area contributed by atoms with Crippen molar-refractivity contribution in [2.24, 2.45) is 0 Å². The average Bonchev–Trinajstić information content (AvgIpc) is 3.42. The molecule has 1 aliphatic rings. The summed E-state index contributed by atoms with van der Waals surface area (Å²) in [5.41, 5.74) is 3.69. The van der Waals surface area contributed by atoms with Crippen molar-refractivity contribution >= 4 is 5.91 Å². The van der Waals surface area contributed by atoms with Gasteiger partial charge in [0.2, 0.25) is 0 Å². The van der Waals surface area contributed by atoms with Gasteiger partial charge in [-0.15, -0.1) is 0 Å². The highest BCUT2D eigenvalue weighted by atomic mass is 16.5. The normalized spacial score (nSPS) is 16.1. The molecule has 6 heteroatoms. The standard InChI is InChI=1S/C23H25N3O3/c1-16-12-13-24-26(16)18-8-6-17(7-9-18)23(27)25-14-4-5-21(25)20-11-10-19(28-2)15-22(20)29-3/h6-13,15,21H,4-5,14H2,1-3H3. The molecule has 150 valence electrons. The maximum atomic E-state index is 13.3. The zero-order valence-corrected chi connectivity index (χ0v) is 17.0. The molecule has 0 bridgehead atoms. The fourth-order valence-electron chi connectivity index (χ4n) is 3.98. The van der Waals surface area contributed by atoms with Crippen molar-refractivity contribution in [1.82, 2.24) is 14.7 Å². The highest BCUT2D eigenvalue weighted by molar-refractivity contribution is 5.95. The summed E-state index contributed by atoms with van der Waals surface area (Å²) in [6.07, 6.45) is 3.65. The molecule has 0 saturated carbocycles. The Hall–Kier alpha value is -3.28. The number of aromatic nitrogens is 2. The van der Waals surface area contributed by atoms with Crippen LogP contribution in [0.25, 0.3) is 5.69 Å². The van der Waals surface area contributed by atoms with Crippen LogP contribution in [0.4, 0.5) is 0 Å². The Bertz CT molecular complexity index is 1010. The predicted octanol–water partition coefficient (Wildman–Crippen LogP) is 4.18. The summed E-state index contributed by atoms with van der Waals surface area (Å²) in [7, 11) is 3.28. The van der Waals surface area contributed by atoms with Crippen LogP contribution in [0.2, 0.25) is 0 Å². The molecule has 3 aromatic rings. The van der Waals surface area contributed by atoms with Gasteiger partial charge in [-0.1, -0.05) is 0 Å². The van der Waals surface area contributed by atoms with E-state index in [4.69, 9.17) is 9.47 Å². The van der Waals surface area contributed by atoms with E-state index >= 15 is 0 Å². The summed E-state index contributed by atoms with van der Waals surface area (Å²) >= 11 is 0. The van der Waals surface area contributed by atoms with Crippen LogP contribution >= 0.6 is 0 Å². The zero-order chi connectivity index (χ0) is 20.4. The maximum absolute atomic E-state index is 13.3. The lowest BCUT2D eigenvalue weighted by molar-refractivity contribution is 0.0734. The number of nitrogens with zero attached hydrogens (tertiary/aromatic N) is 3. The molecule has 0 aliphatic carbocycles. The van der Waals surface area contributed by atoms with Gasteiger partial charge in [0.05, 0.1) is 25.9 Å². The van der Waals surface area contributed by atoms with Crippen LogP contribution in [0, 0.1) is 6.92 Å². The van der Waals surface area contributed by atoms with Gasteiger partial charge in [0.1, 0.15) is 11.5 Å². The van der Waals surface area contributed by atoms with Crippen molar-refractivity contribution in [2.75, 3.05) is 20.8 Å². The van der Waals surface area contributed by atoms with E-state index in [0.29, 0.717) is 5.56 Å². The highest BCUT2D eigenvalue weighted by Crippen LogP contribution is 2.39. The van der Waals surface area contributed by atoms with E-state index < -0.39 is 0 Å². The van der Waals surface area contributed by atoms with Crippen LogP contribution in [0.3, 0.4) is 0 Å². The predicted molar refractivity (Wildman–Crippen MR) is 111 cm³/mol. The summed E-state index contributed by atoms with van der Waals surface area (Å²) < 4.78 is 12.7. The minimum Gasteiger partial charge on any atom is -0.497 e. The van der Waals surface area contributed by atoms with Gasteiger partial charge >= 0.3 is 0 Å². The van der Waals surface area contributed by atoms with E-state index in [9.17, 15) is 4.79 Å². The molecule has 1 fully saturated rings. The maximum Gasteiger partial charge on any atom is 0.254 e. The van der Waals surface area contributed by atoms with E-state index in [2.05, 4.69) is 5.10 Å². The minimum absolute atomic E-state index is 0.00334. The Morgan fingerprint density at radius 1 is 1.07 bits per heavy atom. The van der Waals surface area contributed by atoms with Gasteiger partial charge in [0.15, 0.2) is 0 Å². The van der Waals surface area contributed by atoms with Gasteiger partial charge in [-0.05, 0) is 62.2 Å². The number of likely N-dealkylation sites (tertiary alicyclic amines) is 1. The van der Waals surface area contributed by atoms with Gasteiger partial charge in [-0.3, -0.25) is 4.79 Å². The molecule has 0 radical (unpaired) electrons. The van der Waals surface area contributed by atoms with Crippen molar-refractivity contribution in [3.05, 3.63) is 71.5 Å². The number of carbonyl (C=O) groups is 1. The summed E-state index contributed by atoms with van der Waals surface area (Å²) in [6, 6.07) is 15.4. The molecule has 2 aromatic carbocycles. The Kier molecular flexibility index (Phi) is 5.25. The van der Waals surface area contributed by atoms with Crippen molar-refractivity contribution in [3.8, 4) is 17.2 Å². The Morgan fingerprint density at radius 3 is 2.52 bits per heavy atom. The minimum atomic E-state index is -0.00334. The third kappa shape index (κ3) is 3.58. The van der Waals surface area contributed by atoms with E-state index in [1.807, 2.05) is 65.0 Å². The van der Waals surface area contributed by atoms with Gasteiger partial charge < -0.3 is 14.4 Å². The molecule has 2 heterocycles. The monoisotopic (exact) mass is 391 g/mol. The van der Waals surface area contributed by atoms with Crippen molar-refractivity contribution < 1.29 is 14.3 Å². The number of carbonyl (C=O) groups excluding carboxylic acids is 1. The lowest BCUT2D eigenvalue weighted by atomic mass is 10.0. The molecule has 29 heavy (non-hydrogen) atoms. The van der Waals surface area contributed by atoms with Gasteiger partial charge in [0.25, 0.3) is 5.91 Å². The molecule has 6 nitrogen and oxygen atoms in total. The van der Waals surface area contributed by atoms with E-state index in [0.717, 1.165) is 47.8 Å². The second-order valence-corrected chi connectivity index (χ2v) is 7.20. The van der Waals surface area contributed by atoms with Crippen LogP contribution in [0.1, 0.15) is 40.5 Å². The molecule has 0 N–H and O–H groups in total. The molecule has 1 amide bonds. The topological polar surface area (TPSA) is 56.6 Å². The number of hydrogen-bond acceptors (Lipinski definition) is 4. The van der Waals surface area contributed by atoms with Gasteiger partial charge in [-0.2, -0.15) is 5.10 Å². The van der Waals surface area contributed by atoms with Crippen LogP contribution < -0.4 is 9.47 Å². The molecule has 1 aromatic heterocycles. The smallest absolute Gasteiger partial charge is 0.254 e. The average molecular weight is 391 g/mol. The number of methoxy groups -OCH3 is 2. The number of benzene rings is 2. The Balaban J connectivity index is 1.59. The molecule has 1 atom stereocenters. The molecular formula is C23H25N3O3. The summed E-state index contributed by atoms with van der Waals surface area (Å²) in [6.45, 7) is 2.74. The van der Waals surface area contributed by atoms with Crippen molar-refractivity contribution in [2.45, 2.75) is 25.8 Å². The zero-order valence-electron chi connectivity index (χ0n) is 17.0. The molecule has 1 aliphatic heterocycles. The first-order valence-electron chi connectivity index (χ1n) is 9.76. The molecule has 0 spiro atoms. The summed E-state index contributed by atoms with van der Waals surface area (Å²) in [4.78, 5) is 15.2. The van der Waals surface area contributed by atoms with E-state index in [1.54, 1.807) is 20.4 Å². The lowest BCUT2D eigenvalue weighted by Crippen LogP contribution is -2.30. The SMILES string of the molecule is COc1ccc(C2CCCN2C(=O)c2ccc(-n3nccc3C)cc2)c(OC)c1. The second kappa shape index (κ2) is 7.99. The third-order valence-electron chi connectivity index (χ3n) is 5.50. The van der Waals surface area contributed by atoms with E-state index in [-0.39, 0.29) is 11.9 Å². The molecule has 1 saturated heterocycles. The quantitative estimate of drug-likeness (QED) is 0.655. The third-order valence-corrected chi connectivity index (χ3v) is 5.50. The summed E-state index contributed by atoms with van der Waals surface area (Å²) in [5, 5.41) is 4.32. The van der Waals surface area contributed by atoms with Crippen LogP contribution in [-0.2, 0) is 0 Å². The fourth-order valence-corrected chi connectivity index (χ4v) is 3.98. The largest absolute Gasteiger partial charge is 0.497 e. The second-order valence-electron chi connectivity index (χ2n) is 7.20. The van der Waals surface area contributed by atoms with Gasteiger partial charge in [0, 0.05) is 35.6 Å². The summed E-state index contributed by atoms with van der Waals surface area (Å²) in [5.74, 6) is 1.53. The molecule has 1 unspecified atom stereocenters. The van der Waals surface area contributed by atoms with Crippen LogP contribution in [-0.4, -0.2) is 41.4 Å². The van der Waals surface area contributed by atoms with Crippen LogP contribution in [0.15, 0.2) is 54.7 Å². The van der Waals surface area contributed by atoms with Crippen molar-refractivity contribution in [1.29, 1.82) is 0 Å². The first-order valence-corrected chi connectivity index (χ1v) is 9.76. The van der Waals surface area contributed by atoms with Crippen molar-refractivity contribution in [3.63, 3.8) is 0 Å². The number of rotatable bonds is 5. The van der Waals surface area contributed by atoms with Crippen LogP contribution in [0.5, 0.6) is 11.5 Å². The first kappa shape index (κ1) is 19.1. The lowest BCUT2D eigenvalue weighted by Gasteiger charge is -2.26. The number of hydrogen-bond donors (Lipinski definition) is 0. The number of ether oxygens (including phenoxy) is 2.